The molecule has 0 aliphatic rings. The molecule has 2 aromatic rings. The second kappa shape index (κ2) is 7.97. The lowest BCUT2D eigenvalue weighted by Crippen LogP contribution is -2.16. The third-order valence-electron chi connectivity index (χ3n) is 4.81. The number of rotatable bonds is 5. The first-order valence-electron chi connectivity index (χ1n) is 8.50. The Kier molecular flexibility index (Phi) is 6.11. The number of pyridine rings is 1. The molecule has 0 aromatic carbocycles. The fraction of sp³-hybridized carbons (Fsp3) is 0.400. The molecule has 0 saturated heterocycles. The summed E-state index contributed by atoms with van der Waals surface area (Å²) in [7, 11) is 1.31. The van der Waals surface area contributed by atoms with Crippen LogP contribution >= 0.6 is 11.8 Å². The van der Waals surface area contributed by atoms with E-state index in [0.717, 1.165) is 16.8 Å². The molecule has 0 aliphatic carbocycles. The predicted molar refractivity (Wildman–Crippen MR) is 104 cm³/mol. The molecular weight excluding hydrogens is 362 g/mol. The molecule has 0 fully saturated rings. The fourth-order valence-electron chi connectivity index (χ4n) is 2.96. The van der Waals surface area contributed by atoms with E-state index in [0.29, 0.717) is 33.1 Å². The van der Waals surface area contributed by atoms with Gasteiger partial charge in [-0.2, -0.15) is 5.26 Å². The number of thioether (sulfide) groups is 1. The highest BCUT2D eigenvalue weighted by Gasteiger charge is 2.27. The van der Waals surface area contributed by atoms with Crippen LogP contribution in [0.1, 0.15) is 61.4 Å². The fourth-order valence-corrected chi connectivity index (χ4v) is 4.02. The number of aromatic amines is 1. The number of aryl methyl sites for hydroxylation is 2. The van der Waals surface area contributed by atoms with Gasteiger partial charge in [0.2, 0.25) is 0 Å². The Morgan fingerprint density at radius 1 is 1.15 bits per heavy atom. The van der Waals surface area contributed by atoms with E-state index in [1.54, 1.807) is 20.8 Å². The summed E-state index contributed by atoms with van der Waals surface area (Å²) in [6.07, 6.45) is 0. The second-order valence-electron chi connectivity index (χ2n) is 6.48. The van der Waals surface area contributed by atoms with Gasteiger partial charge in [-0.05, 0) is 58.2 Å². The zero-order valence-electron chi connectivity index (χ0n) is 16.6. The van der Waals surface area contributed by atoms with Gasteiger partial charge in [-0.15, -0.1) is 0 Å². The topological polar surface area (TPSA) is 95.8 Å². The van der Waals surface area contributed by atoms with Crippen LogP contribution in [0.2, 0.25) is 0 Å². The summed E-state index contributed by atoms with van der Waals surface area (Å²) in [5.41, 5.74) is 5.13. The molecule has 6 nitrogen and oxygen atoms in total. The van der Waals surface area contributed by atoms with Gasteiger partial charge in [-0.25, -0.2) is 9.78 Å². The lowest BCUT2D eigenvalue weighted by atomic mass is 10.1. The van der Waals surface area contributed by atoms with Crippen LogP contribution in [0.3, 0.4) is 0 Å². The molecule has 2 aromatic heterocycles. The number of hydrogen-bond acceptors (Lipinski definition) is 6. The van der Waals surface area contributed by atoms with E-state index in [1.165, 1.54) is 18.9 Å². The lowest BCUT2D eigenvalue weighted by molar-refractivity contribution is 0.0599. The van der Waals surface area contributed by atoms with Crippen molar-refractivity contribution in [2.75, 3.05) is 7.11 Å². The molecule has 7 heteroatoms. The molecule has 2 rings (SSSR count). The Balaban J connectivity index is 2.38. The van der Waals surface area contributed by atoms with Crippen molar-refractivity contribution in [3.05, 3.63) is 44.9 Å². The molecular formula is C20H23N3O3S. The molecule has 0 radical (unpaired) electrons. The van der Waals surface area contributed by atoms with Gasteiger partial charge in [0, 0.05) is 11.4 Å². The summed E-state index contributed by atoms with van der Waals surface area (Å²) in [6, 6.07) is 2.20. The number of aromatic nitrogens is 2. The first-order valence-corrected chi connectivity index (χ1v) is 9.38. The van der Waals surface area contributed by atoms with Crippen molar-refractivity contribution < 1.29 is 14.3 Å². The van der Waals surface area contributed by atoms with Gasteiger partial charge in [0.1, 0.15) is 11.1 Å². The van der Waals surface area contributed by atoms with Crippen molar-refractivity contribution >= 4 is 23.5 Å². The van der Waals surface area contributed by atoms with Crippen LogP contribution in [0.4, 0.5) is 0 Å². The van der Waals surface area contributed by atoms with Gasteiger partial charge in [0.05, 0.1) is 29.2 Å². The van der Waals surface area contributed by atoms with E-state index in [4.69, 9.17) is 4.74 Å². The molecule has 0 spiro atoms. The third kappa shape index (κ3) is 3.76. The summed E-state index contributed by atoms with van der Waals surface area (Å²) >= 11 is 1.25. The molecule has 2 heterocycles. The van der Waals surface area contributed by atoms with Gasteiger partial charge < -0.3 is 9.72 Å². The van der Waals surface area contributed by atoms with Crippen molar-refractivity contribution in [2.24, 2.45) is 0 Å². The normalized spacial score (nSPS) is 11.8. The van der Waals surface area contributed by atoms with Gasteiger partial charge in [-0.3, -0.25) is 4.79 Å². The number of ether oxygens (including phenoxy) is 1. The average molecular weight is 385 g/mol. The van der Waals surface area contributed by atoms with E-state index < -0.39 is 11.2 Å². The van der Waals surface area contributed by atoms with E-state index in [9.17, 15) is 14.9 Å². The summed E-state index contributed by atoms with van der Waals surface area (Å²) in [5.74, 6) is -0.629. The highest BCUT2D eigenvalue weighted by molar-refractivity contribution is 8.00. The number of nitrogens with one attached hydrogen (secondary N) is 1. The summed E-state index contributed by atoms with van der Waals surface area (Å²) in [5, 5.41) is 9.58. The number of carbonyl (C=O) groups excluding carboxylic acids is 2. The molecule has 1 N–H and O–H groups in total. The molecule has 0 saturated carbocycles. The zero-order valence-corrected chi connectivity index (χ0v) is 17.4. The van der Waals surface area contributed by atoms with Crippen molar-refractivity contribution in [1.29, 1.82) is 5.26 Å². The molecule has 0 unspecified atom stereocenters. The van der Waals surface area contributed by atoms with Crippen LogP contribution in [-0.4, -0.2) is 34.1 Å². The third-order valence-corrected chi connectivity index (χ3v) is 5.89. The average Bonchev–Trinajstić information content (AvgIpc) is 2.93. The molecule has 142 valence electrons. The Labute approximate surface area is 163 Å². The SMILES string of the molecule is COC(=O)c1c(C)[nH]c(C(=O)[C@@H](C)Sc2nc(C)c(C)c(C)c2C#N)c1C. The standard InChI is InChI=1S/C20H23N3O3S/c1-9-10(2)15(8-21)19(23-12(9)4)27-14(6)18(24)17-11(3)16(13(5)22-17)20(25)26-7/h14,22H,1-7H3/t14-/m1/s1. The highest BCUT2D eigenvalue weighted by atomic mass is 32.2. The molecule has 0 aliphatic heterocycles. The Morgan fingerprint density at radius 2 is 1.78 bits per heavy atom. The Morgan fingerprint density at radius 3 is 2.33 bits per heavy atom. The van der Waals surface area contributed by atoms with Gasteiger partial charge >= 0.3 is 5.97 Å². The first-order chi connectivity index (χ1) is 12.6. The minimum absolute atomic E-state index is 0.155. The number of esters is 1. The number of methoxy groups -OCH3 is 1. The molecule has 1 atom stereocenters. The van der Waals surface area contributed by atoms with Crippen LogP contribution in [0.15, 0.2) is 5.03 Å². The van der Waals surface area contributed by atoms with Crippen LogP contribution in [0, 0.1) is 45.9 Å². The number of hydrogen-bond donors (Lipinski definition) is 1. The molecule has 0 amide bonds. The van der Waals surface area contributed by atoms with Gasteiger partial charge in [0.25, 0.3) is 0 Å². The monoisotopic (exact) mass is 385 g/mol. The number of carbonyl (C=O) groups is 2. The number of ketones is 1. The van der Waals surface area contributed by atoms with E-state index in [-0.39, 0.29) is 5.78 Å². The number of nitrogens with zero attached hydrogens (tertiary/aromatic N) is 2. The predicted octanol–water partition coefficient (Wildman–Crippen LogP) is 3.97. The maximum atomic E-state index is 13.0. The number of nitriles is 1. The van der Waals surface area contributed by atoms with E-state index in [2.05, 4.69) is 16.0 Å². The van der Waals surface area contributed by atoms with Crippen LogP contribution in [0.25, 0.3) is 0 Å². The van der Waals surface area contributed by atoms with Crippen molar-refractivity contribution in [3.63, 3.8) is 0 Å². The van der Waals surface area contributed by atoms with Crippen molar-refractivity contribution in [2.45, 2.75) is 51.8 Å². The maximum Gasteiger partial charge on any atom is 0.339 e. The lowest BCUT2D eigenvalue weighted by Gasteiger charge is -2.14. The first kappa shape index (κ1) is 20.7. The Bertz CT molecular complexity index is 970. The van der Waals surface area contributed by atoms with Crippen LogP contribution < -0.4 is 0 Å². The van der Waals surface area contributed by atoms with Crippen LogP contribution in [-0.2, 0) is 4.74 Å². The van der Waals surface area contributed by atoms with E-state index >= 15 is 0 Å². The van der Waals surface area contributed by atoms with Crippen molar-refractivity contribution in [1.82, 2.24) is 9.97 Å². The maximum absolute atomic E-state index is 13.0. The van der Waals surface area contributed by atoms with Gasteiger partial charge in [-0.1, -0.05) is 11.8 Å². The number of Topliss-reactive ketones (excluding diaryl/α,β-unsaturated/α-hetero) is 1. The second-order valence-corrected chi connectivity index (χ2v) is 7.81. The minimum atomic E-state index is -0.478. The van der Waals surface area contributed by atoms with Gasteiger partial charge in [0.15, 0.2) is 5.78 Å². The largest absolute Gasteiger partial charge is 0.465 e. The van der Waals surface area contributed by atoms with E-state index in [1.807, 2.05) is 20.8 Å². The highest BCUT2D eigenvalue weighted by Crippen LogP contribution is 2.31. The number of H-pyrrole nitrogens is 1. The van der Waals surface area contributed by atoms with Crippen molar-refractivity contribution in [3.8, 4) is 6.07 Å². The minimum Gasteiger partial charge on any atom is -0.465 e. The smallest absolute Gasteiger partial charge is 0.339 e. The summed E-state index contributed by atoms with van der Waals surface area (Å²) in [6.45, 7) is 10.9. The molecule has 27 heavy (non-hydrogen) atoms. The van der Waals surface area contributed by atoms with Crippen LogP contribution in [0.5, 0.6) is 0 Å². The quantitative estimate of drug-likeness (QED) is 0.475. The zero-order chi connectivity index (χ0) is 20.5. The molecule has 0 bridgehead atoms. The summed E-state index contributed by atoms with van der Waals surface area (Å²) < 4.78 is 4.79. The summed E-state index contributed by atoms with van der Waals surface area (Å²) in [4.78, 5) is 32.4. The Hall–Kier alpha value is -2.59.